The summed E-state index contributed by atoms with van der Waals surface area (Å²) < 4.78 is 22.7. The molecule has 0 aliphatic rings. The number of sulfone groups is 1. The van der Waals surface area contributed by atoms with Gasteiger partial charge in [0.1, 0.15) is 0 Å². The number of rotatable bonds is 3. The Labute approximate surface area is 100 Å². The molecule has 5 heteroatoms. The summed E-state index contributed by atoms with van der Waals surface area (Å²) in [5, 5.41) is 0. The molecule has 0 unspecified atom stereocenters. The molecular formula is C12H12N2O2S. The van der Waals surface area contributed by atoms with Gasteiger partial charge in [-0.25, -0.2) is 8.42 Å². The van der Waals surface area contributed by atoms with Crippen LogP contribution in [0.1, 0.15) is 5.69 Å². The highest BCUT2D eigenvalue weighted by molar-refractivity contribution is 7.89. The van der Waals surface area contributed by atoms with E-state index in [1.165, 1.54) is 6.26 Å². The van der Waals surface area contributed by atoms with E-state index in [-0.39, 0.29) is 5.75 Å². The minimum absolute atomic E-state index is 0.0575. The van der Waals surface area contributed by atoms with Crippen molar-refractivity contribution in [2.45, 2.75) is 5.75 Å². The predicted molar refractivity (Wildman–Crippen MR) is 66.0 cm³/mol. The van der Waals surface area contributed by atoms with Gasteiger partial charge in [0.15, 0.2) is 9.84 Å². The summed E-state index contributed by atoms with van der Waals surface area (Å²) in [5.41, 5.74) is 2.24. The summed E-state index contributed by atoms with van der Waals surface area (Å²) in [6, 6.07) is 7.33. The van der Waals surface area contributed by atoms with E-state index < -0.39 is 9.84 Å². The lowest BCUT2D eigenvalue weighted by atomic mass is 10.1. The van der Waals surface area contributed by atoms with E-state index in [2.05, 4.69) is 9.97 Å². The maximum absolute atomic E-state index is 11.3. The Balaban J connectivity index is 2.49. The number of hydrogen-bond donors (Lipinski definition) is 0. The van der Waals surface area contributed by atoms with Gasteiger partial charge in [0.25, 0.3) is 0 Å². The van der Waals surface area contributed by atoms with E-state index in [4.69, 9.17) is 0 Å². The smallest absolute Gasteiger partial charge is 0.153 e. The molecule has 0 bridgehead atoms. The molecule has 0 atom stereocenters. The summed E-state index contributed by atoms with van der Waals surface area (Å²) in [6.07, 6.45) is 6.17. The first-order valence-electron chi connectivity index (χ1n) is 5.08. The minimum Gasteiger partial charge on any atom is -0.264 e. The summed E-state index contributed by atoms with van der Waals surface area (Å²) in [5.74, 6) is -0.0575. The van der Waals surface area contributed by atoms with E-state index in [1.54, 1.807) is 24.7 Å². The van der Waals surface area contributed by atoms with Crippen molar-refractivity contribution in [3.8, 4) is 11.1 Å². The van der Waals surface area contributed by atoms with Crippen molar-refractivity contribution in [3.63, 3.8) is 0 Å². The van der Waals surface area contributed by atoms with Crippen LogP contribution in [0.5, 0.6) is 0 Å². The quantitative estimate of drug-likeness (QED) is 0.829. The second-order valence-corrected chi connectivity index (χ2v) is 5.95. The van der Waals surface area contributed by atoms with Crippen molar-refractivity contribution in [1.29, 1.82) is 0 Å². The second kappa shape index (κ2) is 4.63. The van der Waals surface area contributed by atoms with Crippen LogP contribution in [0.2, 0.25) is 0 Å². The predicted octanol–water partition coefficient (Wildman–Crippen LogP) is 1.69. The summed E-state index contributed by atoms with van der Waals surface area (Å²) >= 11 is 0. The SMILES string of the molecule is CS(=O)(=O)Cc1ncccc1-c1cccnc1. The van der Waals surface area contributed by atoms with Crippen LogP contribution in [0.4, 0.5) is 0 Å². The molecule has 0 spiro atoms. The van der Waals surface area contributed by atoms with Gasteiger partial charge in [-0.3, -0.25) is 9.97 Å². The monoisotopic (exact) mass is 248 g/mol. The van der Waals surface area contributed by atoms with Crippen molar-refractivity contribution in [1.82, 2.24) is 9.97 Å². The molecule has 0 amide bonds. The Morgan fingerprint density at radius 2 is 1.94 bits per heavy atom. The van der Waals surface area contributed by atoms with Crippen molar-refractivity contribution in [2.75, 3.05) is 6.26 Å². The molecule has 0 N–H and O–H groups in total. The Morgan fingerprint density at radius 3 is 2.59 bits per heavy atom. The van der Waals surface area contributed by atoms with Gasteiger partial charge in [-0.2, -0.15) is 0 Å². The van der Waals surface area contributed by atoms with Crippen molar-refractivity contribution in [3.05, 3.63) is 48.5 Å². The van der Waals surface area contributed by atoms with Crippen LogP contribution < -0.4 is 0 Å². The minimum atomic E-state index is -3.09. The zero-order valence-electron chi connectivity index (χ0n) is 9.37. The molecule has 2 aromatic rings. The fourth-order valence-corrected chi connectivity index (χ4v) is 2.31. The standard InChI is InChI=1S/C12H12N2O2S/c1-17(15,16)9-12-11(5-3-7-14-12)10-4-2-6-13-8-10/h2-8H,9H2,1H3. The maximum Gasteiger partial charge on any atom is 0.153 e. The normalized spacial score (nSPS) is 11.4. The second-order valence-electron chi connectivity index (χ2n) is 3.81. The third-order valence-electron chi connectivity index (χ3n) is 2.26. The molecule has 2 rings (SSSR count). The number of aromatic nitrogens is 2. The first kappa shape index (κ1) is 11.7. The van der Waals surface area contributed by atoms with Crippen LogP contribution in [0, 0.1) is 0 Å². The van der Waals surface area contributed by atoms with Crippen LogP contribution in [0.25, 0.3) is 11.1 Å². The van der Waals surface area contributed by atoms with E-state index in [9.17, 15) is 8.42 Å². The molecule has 0 radical (unpaired) electrons. The number of pyridine rings is 2. The fraction of sp³-hybridized carbons (Fsp3) is 0.167. The molecule has 0 saturated heterocycles. The fourth-order valence-electron chi connectivity index (χ4n) is 1.59. The third-order valence-corrected chi connectivity index (χ3v) is 3.06. The highest BCUT2D eigenvalue weighted by atomic mass is 32.2. The van der Waals surface area contributed by atoms with Crippen molar-refractivity contribution < 1.29 is 8.42 Å². The summed E-state index contributed by atoms with van der Waals surface area (Å²) in [7, 11) is -3.09. The molecule has 17 heavy (non-hydrogen) atoms. The van der Waals surface area contributed by atoms with Crippen LogP contribution in [0.3, 0.4) is 0 Å². The average molecular weight is 248 g/mol. The van der Waals surface area contributed by atoms with Crippen LogP contribution in [0.15, 0.2) is 42.9 Å². The largest absolute Gasteiger partial charge is 0.264 e. The van der Waals surface area contributed by atoms with Crippen molar-refractivity contribution >= 4 is 9.84 Å². The van der Waals surface area contributed by atoms with E-state index in [0.29, 0.717) is 5.69 Å². The zero-order chi connectivity index (χ0) is 12.3. The van der Waals surface area contributed by atoms with Gasteiger partial charge >= 0.3 is 0 Å². The molecule has 0 fully saturated rings. The topological polar surface area (TPSA) is 59.9 Å². The lowest BCUT2D eigenvalue weighted by Crippen LogP contribution is -2.04. The van der Waals surface area contributed by atoms with E-state index in [1.807, 2.05) is 18.2 Å². The Kier molecular flexibility index (Phi) is 3.19. The Morgan fingerprint density at radius 1 is 1.18 bits per heavy atom. The van der Waals surface area contributed by atoms with E-state index in [0.717, 1.165) is 11.1 Å². The lowest BCUT2D eigenvalue weighted by Gasteiger charge is -2.06. The summed E-state index contributed by atoms with van der Waals surface area (Å²) in [6.45, 7) is 0. The molecular weight excluding hydrogens is 236 g/mol. The molecule has 0 saturated carbocycles. The Bertz CT molecular complexity index is 609. The lowest BCUT2D eigenvalue weighted by molar-refractivity contribution is 0.600. The van der Waals surface area contributed by atoms with Gasteiger partial charge in [-0.15, -0.1) is 0 Å². The number of hydrogen-bond acceptors (Lipinski definition) is 4. The van der Waals surface area contributed by atoms with Gasteiger partial charge in [-0.1, -0.05) is 12.1 Å². The molecule has 0 aliphatic carbocycles. The third kappa shape index (κ3) is 3.10. The van der Waals surface area contributed by atoms with Crippen LogP contribution in [-0.2, 0) is 15.6 Å². The number of nitrogens with zero attached hydrogens (tertiary/aromatic N) is 2. The first-order valence-corrected chi connectivity index (χ1v) is 7.14. The molecule has 88 valence electrons. The molecule has 0 aromatic carbocycles. The molecule has 2 aromatic heterocycles. The zero-order valence-corrected chi connectivity index (χ0v) is 10.2. The van der Waals surface area contributed by atoms with Gasteiger partial charge in [0.05, 0.1) is 11.4 Å². The summed E-state index contributed by atoms with van der Waals surface area (Å²) in [4.78, 5) is 8.15. The van der Waals surface area contributed by atoms with Gasteiger partial charge < -0.3 is 0 Å². The average Bonchev–Trinajstić information content (AvgIpc) is 2.29. The molecule has 4 nitrogen and oxygen atoms in total. The van der Waals surface area contributed by atoms with Crippen LogP contribution >= 0.6 is 0 Å². The van der Waals surface area contributed by atoms with Gasteiger partial charge in [0, 0.05) is 36.0 Å². The van der Waals surface area contributed by atoms with Crippen molar-refractivity contribution in [2.24, 2.45) is 0 Å². The van der Waals surface area contributed by atoms with Gasteiger partial charge in [-0.05, 0) is 12.1 Å². The maximum atomic E-state index is 11.3. The van der Waals surface area contributed by atoms with Gasteiger partial charge in [0.2, 0.25) is 0 Å². The van der Waals surface area contributed by atoms with E-state index >= 15 is 0 Å². The first-order chi connectivity index (χ1) is 8.06. The molecule has 0 aliphatic heterocycles. The highest BCUT2D eigenvalue weighted by Crippen LogP contribution is 2.22. The Hall–Kier alpha value is -1.75. The van der Waals surface area contributed by atoms with Crippen LogP contribution in [-0.4, -0.2) is 24.6 Å². The highest BCUT2D eigenvalue weighted by Gasteiger charge is 2.11. The molecule has 2 heterocycles.